The Hall–Kier alpha value is -4.18. The Kier molecular flexibility index (Phi) is 4.87. The summed E-state index contributed by atoms with van der Waals surface area (Å²) in [5, 5.41) is 5.15. The minimum atomic E-state index is 0.442. The Morgan fingerprint density at radius 2 is 1.03 bits per heavy atom. The summed E-state index contributed by atoms with van der Waals surface area (Å²) in [6.45, 7) is 6.27. The van der Waals surface area contributed by atoms with E-state index in [0.717, 1.165) is 13.3 Å². The van der Waals surface area contributed by atoms with Gasteiger partial charge < -0.3 is 19.6 Å². The lowest BCUT2D eigenvalue weighted by molar-refractivity contribution is 0.860. The third kappa shape index (κ3) is 3.51. The van der Waals surface area contributed by atoms with Crippen molar-refractivity contribution in [3.63, 3.8) is 0 Å². The van der Waals surface area contributed by atoms with E-state index in [1.54, 1.807) is 0 Å². The normalized spacial score (nSPS) is 14.8. The van der Waals surface area contributed by atoms with Gasteiger partial charge in [0.05, 0.1) is 36.1 Å². The van der Waals surface area contributed by atoms with E-state index in [2.05, 4.69) is 139 Å². The predicted molar refractivity (Wildman–Crippen MR) is 159 cm³/mol. The van der Waals surface area contributed by atoms with Gasteiger partial charge in [-0.2, -0.15) is 0 Å². The number of fused-ring (bicyclic) bond motifs is 4. The molecule has 0 radical (unpaired) electrons. The molecule has 4 heteroatoms. The second-order valence-electron chi connectivity index (χ2n) is 10.8. The third-order valence-corrected chi connectivity index (χ3v) is 8.01. The van der Waals surface area contributed by atoms with E-state index in [-0.39, 0.29) is 0 Å². The minimum Gasteiger partial charge on any atom is -0.355 e. The zero-order valence-electron chi connectivity index (χ0n) is 21.9. The van der Waals surface area contributed by atoms with Crippen molar-refractivity contribution in [1.82, 2.24) is 0 Å². The molecule has 0 aliphatic carbocycles. The van der Waals surface area contributed by atoms with Crippen molar-refractivity contribution in [2.24, 2.45) is 0 Å². The van der Waals surface area contributed by atoms with E-state index < -0.39 is 0 Å². The first-order chi connectivity index (χ1) is 18.0. The summed E-state index contributed by atoms with van der Waals surface area (Å²) in [7, 11) is 4.37. The van der Waals surface area contributed by atoms with E-state index >= 15 is 0 Å². The van der Waals surface area contributed by atoms with Crippen molar-refractivity contribution in [3.05, 3.63) is 96.6 Å². The smallest absolute Gasteiger partial charge is 0.0950 e. The van der Waals surface area contributed by atoms with Crippen LogP contribution in [0.5, 0.6) is 0 Å². The van der Waals surface area contributed by atoms with Gasteiger partial charge in [0.25, 0.3) is 0 Å². The number of rotatable bonds is 3. The molecule has 0 bridgehead atoms. The number of nitrogens with zero attached hydrogens (tertiary/aromatic N) is 4. The summed E-state index contributed by atoms with van der Waals surface area (Å²) in [6, 6.07) is 33.8. The standard InChI is InChI=1S/C33H32N4/c1-22(2)25-15-28(36-20-34(3)30-11-7-8-12-31(30)36)19-29(16-25)37-21-35(4)32-17-26-13-23-9-5-6-10-24(23)14-27(26)18-33(32)37/h5-19,22H,20-21H2,1-4H3. The first-order valence-electron chi connectivity index (χ1n) is 13.1. The van der Waals surface area contributed by atoms with Crippen LogP contribution in [-0.2, 0) is 0 Å². The number of anilines is 6. The Morgan fingerprint density at radius 1 is 0.514 bits per heavy atom. The van der Waals surface area contributed by atoms with E-state index in [4.69, 9.17) is 0 Å². The first-order valence-corrected chi connectivity index (χ1v) is 13.1. The molecule has 2 aliphatic heterocycles. The topological polar surface area (TPSA) is 13.0 Å². The largest absolute Gasteiger partial charge is 0.355 e. The van der Waals surface area contributed by atoms with Gasteiger partial charge in [0.15, 0.2) is 0 Å². The molecular weight excluding hydrogens is 452 g/mol. The van der Waals surface area contributed by atoms with Crippen LogP contribution in [-0.4, -0.2) is 27.4 Å². The van der Waals surface area contributed by atoms with E-state index in [9.17, 15) is 0 Å². The molecule has 37 heavy (non-hydrogen) atoms. The highest BCUT2D eigenvalue weighted by Crippen LogP contribution is 2.46. The molecule has 4 nitrogen and oxygen atoms in total. The number of hydrogen-bond acceptors (Lipinski definition) is 4. The highest BCUT2D eigenvalue weighted by atomic mass is 15.4. The summed E-state index contributed by atoms with van der Waals surface area (Å²) >= 11 is 0. The lowest BCUT2D eigenvalue weighted by Crippen LogP contribution is -2.26. The molecule has 2 heterocycles. The van der Waals surface area contributed by atoms with Crippen molar-refractivity contribution in [2.75, 3.05) is 47.0 Å². The summed E-state index contributed by atoms with van der Waals surface area (Å²) in [5.74, 6) is 0.442. The maximum absolute atomic E-state index is 2.48. The summed E-state index contributed by atoms with van der Waals surface area (Å²) < 4.78 is 0. The number of benzene rings is 5. The predicted octanol–water partition coefficient (Wildman–Crippen LogP) is 8.21. The fraction of sp³-hybridized carbons (Fsp3) is 0.212. The monoisotopic (exact) mass is 484 g/mol. The van der Waals surface area contributed by atoms with Crippen molar-refractivity contribution in [2.45, 2.75) is 19.8 Å². The van der Waals surface area contributed by atoms with Crippen LogP contribution in [0.2, 0.25) is 0 Å². The van der Waals surface area contributed by atoms with Crippen LogP contribution in [0, 0.1) is 0 Å². The van der Waals surface area contributed by atoms with Crippen LogP contribution in [0.1, 0.15) is 25.3 Å². The third-order valence-electron chi connectivity index (χ3n) is 8.01. The van der Waals surface area contributed by atoms with Crippen LogP contribution >= 0.6 is 0 Å². The van der Waals surface area contributed by atoms with Gasteiger partial charge in [0.1, 0.15) is 0 Å². The van der Waals surface area contributed by atoms with Crippen molar-refractivity contribution < 1.29 is 0 Å². The van der Waals surface area contributed by atoms with Crippen molar-refractivity contribution >= 4 is 55.7 Å². The van der Waals surface area contributed by atoms with Crippen LogP contribution in [0.4, 0.5) is 34.1 Å². The molecule has 0 atom stereocenters. The van der Waals surface area contributed by atoms with Gasteiger partial charge in [-0.15, -0.1) is 0 Å². The molecule has 5 aromatic rings. The zero-order chi connectivity index (χ0) is 25.3. The van der Waals surface area contributed by atoms with Crippen LogP contribution in [0.3, 0.4) is 0 Å². The molecule has 2 aliphatic rings. The molecule has 0 aromatic heterocycles. The average Bonchev–Trinajstić information content (AvgIpc) is 3.42. The number of hydrogen-bond donors (Lipinski definition) is 0. The molecule has 0 unspecified atom stereocenters. The molecule has 0 saturated carbocycles. The van der Waals surface area contributed by atoms with Gasteiger partial charge in [0, 0.05) is 25.5 Å². The summed E-state index contributed by atoms with van der Waals surface area (Å²) in [6.07, 6.45) is 0. The second-order valence-corrected chi connectivity index (χ2v) is 10.8. The average molecular weight is 485 g/mol. The van der Waals surface area contributed by atoms with Crippen molar-refractivity contribution in [1.29, 1.82) is 0 Å². The van der Waals surface area contributed by atoms with Crippen LogP contribution in [0.15, 0.2) is 91.0 Å². The molecule has 7 rings (SSSR count). The molecule has 0 N–H and O–H groups in total. The van der Waals surface area contributed by atoms with E-state index in [1.165, 1.54) is 61.2 Å². The van der Waals surface area contributed by atoms with Gasteiger partial charge in [0.2, 0.25) is 0 Å². The molecule has 0 saturated heterocycles. The van der Waals surface area contributed by atoms with Crippen LogP contribution < -0.4 is 19.6 Å². The molecule has 0 spiro atoms. The van der Waals surface area contributed by atoms with E-state index in [0.29, 0.717) is 5.92 Å². The van der Waals surface area contributed by atoms with Gasteiger partial charge in [-0.25, -0.2) is 0 Å². The maximum atomic E-state index is 2.48. The summed E-state index contributed by atoms with van der Waals surface area (Å²) in [4.78, 5) is 9.61. The summed E-state index contributed by atoms with van der Waals surface area (Å²) in [5.41, 5.74) is 8.97. The van der Waals surface area contributed by atoms with Gasteiger partial charge in [-0.1, -0.05) is 50.2 Å². The van der Waals surface area contributed by atoms with Crippen molar-refractivity contribution in [3.8, 4) is 0 Å². The SMILES string of the molecule is CC(C)c1cc(N2CN(C)c3ccccc32)cc(N2CN(C)c3cc4cc5ccccc5cc4cc32)c1. The molecule has 184 valence electrons. The zero-order valence-corrected chi connectivity index (χ0v) is 21.9. The second kappa shape index (κ2) is 8.17. The Morgan fingerprint density at radius 3 is 1.65 bits per heavy atom. The fourth-order valence-electron chi connectivity index (χ4n) is 5.94. The highest BCUT2D eigenvalue weighted by molar-refractivity contribution is 6.03. The number of para-hydroxylation sites is 2. The Balaban J connectivity index is 1.37. The lowest BCUT2D eigenvalue weighted by Gasteiger charge is -2.26. The minimum absolute atomic E-state index is 0.442. The van der Waals surface area contributed by atoms with Gasteiger partial charge in [-0.3, -0.25) is 0 Å². The lowest BCUT2D eigenvalue weighted by atomic mass is 10.00. The highest BCUT2D eigenvalue weighted by Gasteiger charge is 2.28. The molecule has 5 aromatic carbocycles. The maximum Gasteiger partial charge on any atom is 0.0950 e. The Labute approximate surface area is 218 Å². The van der Waals surface area contributed by atoms with E-state index in [1.807, 2.05) is 0 Å². The quantitative estimate of drug-likeness (QED) is 0.239. The van der Waals surface area contributed by atoms with Gasteiger partial charge in [-0.05, 0) is 87.6 Å². The van der Waals surface area contributed by atoms with Crippen LogP contribution in [0.25, 0.3) is 21.5 Å². The Bertz CT molecular complexity index is 1670. The first kappa shape index (κ1) is 22.1. The fourth-order valence-corrected chi connectivity index (χ4v) is 5.94. The molecule has 0 amide bonds. The van der Waals surface area contributed by atoms with Gasteiger partial charge >= 0.3 is 0 Å². The molecular formula is C33H32N4. The molecule has 0 fully saturated rings.